The van der Waals surface area contributed by atoms with Gasteiger partial charge in [-0.3, -0.25) is 9.59 Å². The highest BCUT2D eigenvalue weighted by molar-refractivity contribution is 5.95. The molecule has 9 heteroatoms. The molecule has 0 bridgehead atoms. The molecule has 1 saturated heterocycles. The monoisotopic (exact) mass is 430 g/mol. The van der Waals surface area contributed by atoms with E-state index in [0.717, 1.165) is 0 Å². The van der Waals surface area contributed by atoms with Crippen LogP contribution in [0, 0.1) is 0 Å². The van der Waals surface area contributed by atoms with Crippen LogP contribution in [-0.2, 0) is 23.8 Å². The summed E-state index contributed by atoms with van der Waals surface area (Å²) in [4.78, 5) is 38.2. The van der Waals surface area contributed by atoms with E-state index in [1.165, 1.54) is 11.0 Å². The average Bonchev–Trinajstić information content (AvgIpc) is 3.24. The van der Waals surface area contributed by atoms with Gasteiger partial charge >= 0.3 is 5.97 Å². The van der Waals surface area contributed by atoms with Crippen molar-refractivity contribution < 1.29 is 33.7 Å². The summed E-state index contributed by atoms with van der Waals surface area (Å²) in [6.45, 7) is 0.00233. The second kappa shape index (κ2) is 10.3. The van der Waals surface area contributed by atoms with Crippen LogP contribution in [0.25, 0.3) is 6.08 Å². The van der Waals surface area contributed by atoms with Gasteiger partial charge in [0.1, 0.15) is 25.1 Å². The molecule has 1 fully saturated rings. The number of hydrogen-bond acceptors (Lipinski definition) is 7. The molecule has 1 aliphatic heterocycles. The first-order valence-corrected chi connectivity index (χ1v) is 9.92. The fourth-order valence-corrected chi connectivity index (χ4v) is 3.30. The van der Waals surface area contributed by atoms with Gasteiger partial charge in [-0.2, -0.15) is 0 Å². The molecule has 2 amide bonds. The van der Waals surface area contributed by atoms with E-state index in [4.69, 9.17) is 19.3 Å². The first-order valence-electron chi connectivity index (χ1n) is 9.92. The summed E-state index contributed by atoms with van der Waals surface area (Å²) in [5.74, 6) is -1.08. The zero-order valence-electron chi connectivity index (χ0n) is 17.4. The number of carbonyl (C=O) groups is 3. The molecule has 2 aliphatic rings. The Morgan fingerprint density at radius 3 is 2.84 bits per heavy atom. The van der Waals surface area contributed by atoms with Crippen molar-refractivity contribution in [2.45, 2.75) is 24.7 Å². The number of esters is 1. The van der Waals surface area contributed by atoms with Crippen molar-refractivity contribution in [1.82, 2.24) is 10.2 Å². The zero-order chi connectivity index (χ0) is 22.4. The fourth-order valence-electron chi connectivity index (χ4n) is 3.30. The molecule has 3 rings (SSSR count). The number of rotatable bonds is 7. The van der Waals surface area contributed by atoms with Crippen LogP contribution < -0.4 is 5.32 Å². The number of fused-ring (bicyclic) bond motifs is 1. The lowest BCUT2D eigenvalue weighted by molar-refractivity contribution is -0.123. The standard InChI is InChI=1S/C22H26N2O7/c1-24(2)19(26)7-6-14-4-3-5-15(10-14)22(28)31-18-12-16(21(27)23-8-9-25)11-17-20(18)30-13-29-17/h3-7,10-11,17-18,20,25H,8-9,12-13H2,1-2H3,(H,23,27)/t17-,18-,20-/m1/s1. The van der Waals surface area contributed by atoms with Gasteiger partial charge in [0.05, 0.1) is 12.2 Å². The molecule has 1 heterocycles. The highest BCUT2D eigenvalue weighted by Gasteiger charge is 2.42. The summed E-state index contributed by atoms with van der Waals surface area (Å²) in [5.41, 5.74) is 1.41. The summed E-state index contributed by atoms with van der Waals surface area (Å²) >= 11 is 0. The van der Waals surface area contributed by atoms with Crippen LogP contribution in [0.15, 0.2) is 42.0 Å². The normalized spacial score (nSPS) is 22.5. The van der Waals surface area contributed by atoms with E-state index in [-0.39, 0.29) is 38.2 Å². The minimum atomic E-state index is -0.700. The van der Waals surface area contributed by atoms with Gasteiger partial charge in [-0.05, 0) is 29.8 Å². The topological polar surface area (TPSA) is 114 Å². The molecule has 9 nitrogen and oxygen atoms in total. The van der Waals surface area contributed by atoms with Gasteiger partial charge in [0.2, 0.25) is 11.8 Å². The lowest BCUT2D eigenvalue weighted by atomic mass is 9.91. The van der Waals surface area contributed by atoms with Gasteiger partial charge in [0.25, 0.3) is 0 Å². The molecular formula is C22H26N2O7. The Bertz CT molecular complexity index is 894. The molecule has 166 valence electrons. The van der Waals surface area contributed by atoms with Crippen LogP contribution in [0.4, 0.5) is 0 Å². The van der Waals surface area contributed by atoms with E-state index in [0.29, 0.717) is 16.7 Å². The van der Waals surface area contributed by atoms with Crippen molar-refractivity contribution in [2.24, 2.45) is 0 Å². The first-order chi connectivity index (χ1) is 14.9. The highest BCUT2D eigenvalue weighted by atomic mass is 16.7. The van der Waals surface area contributed by atoms with Gasteiger partial charge in [-0.15, -0.1) is 0 Å². The van der Waals surface area contributed by atoms with Crippen molar-refractivity contribution in [1.29, 1.82) is 0 Å². The number of benzene rings is 1. The molecule has 3 atom stereocenters. The fraction of sp³-hybridized carbons (Fsp3) is 0.409. The number of ether oxygens (including phenoxy) is 3. The minimum Gasteiger partial charge on any atom is -0.456 e. The van der Waals surface area contributed by atoms with E-state index in [1.807, 2.05) is 0 Å². The van der Waals surface area contributed by atoms with Crippen LogP contribution in [0.5, 0.6) is 0 Å². The molecule has 31 heavy (non-hydrogen) atoms. The number of likely N-dealkylation sites (N-methyl/N-ethyl adjacent to an activating group) is 1. The van der Waals surface area contributed by atoms with Crippen LogP contribution in [0.2, 0.25) is 0 Å². The Kier molecular flexibility index (Phi) is 7.56. The number of amides is 2. The Balaban J connectivity index is 1.70. The van der Waals surface area contributed by atoms with Crippen molar-refractivity contribution in [3.05, 3.63) is 53.1 Å². The summed E-state index contributed by atoms with van der Waals surface area (Å²) in [7, 11) is 3.30. The van der Waals surface area contributed by atoms with Crippen molar-refractivity contribution in [2.75, 3.05) is 34.0 Å². The Morgan fingerprint density at radius 2 is 2.10 bits per heavy atom. The molecule has 0 unspecified atom stereocenters. The van der Waals surface area contributed by atoms with Crippen LogP contribution in [0.3, 0.4) is 0 Å². The summed E-state index contributed by atoms with van der Waals surface area (Å²) in [6.07, 6.45) is 3.19. The maximum atomic E-state index is 12.8. The third-order valence-corrected chi connectivity index (χ3v) is 4.93. The molecule has 1 aromatic rings. The third-order valence-electron chi connectivity index (χ3n) is 4.93. The molecule has 0 aromatic heterocycles. The number of nitrogens with one attached hydrogen (secondary N) is 1. The molecule has 1 aliphatic carbocycles. The number of aliphatic hydroxyl groups is 1. The quantitative estimate of drug-likeness (QED) is 0.478. The molecule has 0 spiro atoms. The summed E-state index contributed by atoms with van der Waals surface area (Å²) in [5, 5.41) is 11.5. The van der Waals surface area contributed by atoms with Crippen molar-refractivity contribution in [3.63, 3.8) is 0 Å². The highest BCUT2D eigenvalue weighted by Crippen LogP contribution is 2.30. The SMILES string of the molecule is CN(C)C(=O)C=Cc1cccc(C(=O)O[C@@H]2CC(C(=O)NCCO)=C[C@H]3OCO[C@H]32)c1. The van der Waals surface area contributed by atoms with Crippen LogP contribution in [-0.4, -0.2) is 80.1 Å². The van der Waals surface area contributed by atoms with Crippen molar-refractivity contribution >= 4 is 23.9 Å². The van der Waals surface area contributed by atoms with Crippen molar-refractivity contribution in [3.8, 4) is 0 Å². The Hall–Kier alpha value is -3.01. The maximum Gasteiger partial charge on any atom is 0.338 e. The first kappa shape index (κ1) is 22.7. The number of hydrogen-bond donors (Lipinski definition) is 2. The minimum absolute atomic E-state index is 0.0472. The zero-order valence-corrected chi connectivity index (χ0v) is 17.4. The number of aliphatic hydroxyl groups excluding tert-OH is 1. The van der Waals surface area contributed by atoms with E-state index < -0.39 is 24.3 Å². The second-order valence-corrected chi connectivity index (χ2v) is 7.39. The van der Waals surface area contributed by atoms with Gasteiger partial charge in [0.15, 0.2) is 0 Å². The smallest absolute Gasteiger partial charge is 0.338 e. The van der Waals surface area contributed by atoms with Crippen LogP contribution >= 0.6 is 0 Å². The second-order valence-electron chi connectivity index (χ2n) is 7.39. The van der Waals surface area contributed by atoms with E-state index >= 15 is 0 Å². The predicted molar refractivity (Wildman–Crippen MR) is 111 cm³/mol. The largest absolute Gasteiger partial charge is 0.456 e. The maximum absolute atomic E-state index is 12.8. The Labute approximate surface area is 180 Å². The van der Waals surface area contributed by atoms with Gasteiger partial charge in [-0.25, -0.2) is 4.79 Å². The molecular weight excluding hydrogens is 404 g/mol. The average molecular weight is 430 g/mol. The summed E-state index contributed by atoms with van der Waals surface area (Å²) < 4.78 is 16.7. The van der Waals surface area contributed by atoms with Gasteiger partial charge < -0.3 is 29.5 Å². The van der Waals surface area contributed by atoms with E-state index in [9.17, 15) is 14.4 Å². The lowest BCUT2D eigenvalue weighted by Gasteiger charge is -2.30. The van der Waals surface area contributed by atoms with Crippen LogP contribution in [0.1, 0.15) is 22.3 Å². The molecule has 1 aromatic carbocycles. The molecule has 0 radical (unpaired) electrons. The third kappa shape index (κ3) is 5.78. The lowest BCUT2D eigenvalue weighted by Crippen LogP contribution is -2.43. The van der Waals surface area contributed by atoms with Gasteiger partial charge in [-0.1, -0.05) is 12.1 Å². The predicted octanol–water partition coefficient (Wildman–Crippen LogP) is 0.494. The molecule has 2 N–H and O–H groups in total. The molecule has 0 saturated carbocycles. The number of carbonyl (C=O) groups excluding carboxylic acids is 3. The van der Waals surface area contributed by atoms with Gasteiger partial charge in [0, 0.05) is 38.7 Å². The van der Waals surface area contributed by atoms with E-state index in [2.05, 4.69) is 5.32 Å². The Morgan fingerprint density at radius 1 is 1.29 bits per heavy atom. The van der Waals surface area contributed by atoms with E-state index in [1.54, 1.807) is 50.5 Å². The summed E-state index contributed by atoms with van der Waals surface area (Å²) in [6, 6.07) is 6.71. The number of nitrogens with zero attached hydrogens (tertiary/aromatic N) is 1.